The second-order valence-corrected chi connectivity index (χ2v) is 5.58. The first kappa shape index (κ1) is 12.7. The van der Waals surface area contributed by atoms with Crippen molar-refractivity contribution in [3.05, 3.63) is 28.8 Å². The number of nitrogens with zero attached hydrogens (tertiary/aromatic N) is 1. The van der Waals surface area contributed by atoms with E-state index in [-0.39, 0.29) is 0 Å². The van der Waals surface area contributed by atoms with Crippen LogP contribution in [0.5, 0.6) is 0 Å². The fourth-order valence-electron chi connectivity index (χ4n) is 2.69. The quantitative estimate of drug-likeness (QED) is 0.814. The second kappa shape index (κ2) is 5.28. The van der Waals surface area contributed by atoms with Crippen molar-refractivity contribution in [3.8, 4) is 0 Å². The number of anilines is 1. The summed E-state index contributed by atoms with van der Waals surface area (Å²) < 4.78 is 0. The topological polar surface area (TPSA) is 29.3 Å². The number of hydrogen-bond acceptors (Lipinski definition) is 2. The average molecular weight is 253 g/mol. The van der Waals surface area contributed by atoms with Crippen molar-refractivity contribution >= 4 is 17.3 Å². The van der Waals surface area contributed by atoms with Gasteiger partial charge in [0.05, 0.1) is 0 Å². The van der Waals surface area contributed by atoms with Crippen LogP contribution in [0.1, 0.15) is 38.7 Å². The third kappa shape index (κ3) is 2.93. The summed E-state index contributed by atoms with van der Waals surface area (Å²) in [5, 5.41) is 0.714. The van der Waals surface area contributed by atoms with Crippen LogP contribution in [0.2, 0.25) is 5.02 Å². The summed E-state index contributed by atoms with van der Waals surface area (Å²) in [7, 11) is 0. The van der Waals surface area contributed by atoms with Gasteiger partial charge in [0.25, 0.3) is 0 Å². The van der Waals surface area contributed by atoms with Crippen molar-refractivity contribution in [2.75, 3.05) is 5.73 Å². The lowest BCUT2D eigenvalue weighted by molar-refractivity contribution is 0.0955. The van der Waals surface area contributed by atoms with E-state index in [1.807, 2.05) is 18.2 Å². The fourth-order valence-corrected chi connectivity index (χ4v) is 2.87. The molecule has 1 aromatic carbocycles. The minimum absolute atomic E-state index is 0.647. The van der Waals surface area contributed by atoms with Gasteiger partial charge in [-0.3, -0.25) is 4.90 Å². The first-order valence-corrected chi connectivity index (χ1v) is 6.75. The molecule has 3 heteroatoms. The van der Waals surface area contributed by atoms with E-state index in [1.165, 1.54) is 24.8 Å². The van der Waals surface area contributed by atoms with Gasteiger partial charge in [-0.15, -0.1) is 0 Å². The van der Waals surface area contributed by atoms with Gasteiger partial charge in [0.15, 0.2) is 0 Å². The van der Waals surface area contributed by atoms with Crippen molar-refractivity contribution in [1.82, 2.24) is 4.90 Å². The van der Waals surface area contributed by atoms with Crippen molar-refractivity contribution < 1.29 is 0 Å². The third-order valence-corrected chi connectivity index (χ3v) is 4.07. The van der Waals surface area contributed by atoms with Gasteiger partial charge in [-0.25, -0.2) is 0 Å². The molecule has 1 saturated heterocycles. The van der Waals surface area contributed by atoms with E-state index < -0.39 is 0 Å². The molecule has 0 spiro atoms. The average Bonchev–Trinajstić information content (AvgIpc) is 2.26. The maximum Gasteiger partial charge on any atom is 0.0426 e. The van der Waals surface area contributed by atoms with Crippen LogP contribution in [0.25, 0.3) is 0 Å². The number of nitrogens with two attached hydrogens (primary N) is 1. The molecule has 1 heterocycles. The minimum Gasteiger partial charge on any atom is -0.398 e. The zero-order valence-corrected chi connectivity index (χ0v) is 11.4. The molecule has 0 aliphatic carbocycles. The molecule has 2 nitrogen and oxygen atoms in total. The molecule has 17 heavy (non-hydrogen) atoms. The smallest absolute Gasteiger partial charge is 0.0426 e. The standard InChI is InChI=1S/C14H21ClN2/c1-10-4-3-5-11(2)17(10)9-12-6-7-13(15)8-14(12)16/h6-8,10-11H,3-5,9,16H2,1-2H3. The van der Waals surface area contributed by atoms with Gasteiger partial charge >= 0.3 is 0 Å². The highest BCUT2D eigenvalue weighted by atomic mass is 35.5. The molecule has 94 valence electrons. The molecule has 0 aromatic heterocycles. The molecular weight excluding hydrogens is 232 g/mol. The van der Waals surface area contributed by atoms with E-state index in [0.29, 0.717) is 17.1 Å². The molecule has 0 bridgehead atoms. The van der Waals surface area contributed by atoms with Crippen molar-refractivity contribution in [2.24, 2.45) is 0 Å². The second-order valence-electron chi connectivity index (χ2n) is 5.14. The molecule has 2 N–H and O–H groups in total. The maximum atomic E-state index is 6.02. The van der Waals surface area contributed by atoms with Crippen LogP contribution in [-0.4, -0.2) is 17.0 Å². The van der Waals surface area contributed by atoms with Gasteiger partial charge in [-0.05, 0) is 44.4 Å². The minimum atomic E-state index is 0.647. The van der Waals surface area contributed by atoms with Gasteiger partial charge in [0, 0.05) is 29.3 Å². The van der Waals surface area contributed by atoms with Gasteiger partial charge < -0.3 is 5.73 Å². The van der Waals surface area contributed by atoms with Gasteiger partial charge in [-0.2, -0.15) is 0 Å². The molecule has 0 saturated carbocycles. The first-order chi connectivity index (χ1) is 8.08. The number of benzene rings is 1. The molecule has 0 amide bonds. The summed E-state index contributed by atoms with van der Waals surface area (Å²) in [6.07, 6.45) is 3.92. The lowest BCUT2D eigenvalue weighted by Gasteiger charge is -2.39. The van der Waals surface area contributed by atoms with Crippen molar-refractivity contribution in [2.45, 2.75) is 51.7 Å². The Bertz CT molecular complexity index is 382. The zero-order valence-electron chi connectivity index (χ0n) is 10.6. The summed E-state index contributed by atoms with van der Waals surface area (Å²) >= 11 is 5.92. The van der Waals surface area contributed by atoms with Gasteiger partial charge in [-0.1, -0.05) is 24.1 Å². The van der Waals surface area contributed by atoms with E-state index in [2.05, 4.69) is 18.7 Å². The number of hydrogen-bond donors (Lipinski definition) is 1. The normalized spacial score (nSPS) is 26.1. The van der Waals surface area contributed by atoms with E-state index >= 15 is 0 Å². The Balaban J connectivity index is 2.13. The van der Waals surface area contributed by atoms with E-state index in [9.17, 15) is 0 Å². The summed E-state index contributed by atoms with van der Waals surface area (Å²) in [6, 6.07) is 7.11. The molecule has 1 aliphatic heterocycles. The fraction of sp³-hybridized carbons (Fsp3) is 0.571. The van der Waals surface area contributed by atoms with Crippen LogP contribution in [-0.2, 0) is 6.54 Å². The number of rotatable bonds is 2. The van der Waals surface area contributed by atoms with Crippen LogP contribution in [0.15, 0.2) is 18.2 Å². The van der Waals surface area contributed by atoms with Gasteiger partial charge in [0.2, 0.25) is 0 Å². The number of piperidine rings is 1. The molecular formula is C14H21ClN2. The Morgan fingerprint density at radius 1 is 1.29 bits per heavy atom. The number of nitrogen functional groups attached to an aromatic ring is 1. The van der Waals surface area contributed by atoms with Crippen molar-refractivity contribution in [1.29, 1.82) is 0 Å². The van der Waals surface area contributed by atoms with Crippen molar-refractivity contribution in [3.63, 3.8) is 0 Å². The molecule has 2 rings (SSSR count). The highest BCUT2D eigenvalue weighted by Gasteiger charge is 2.24. The van der Waals surface area contributed by atoms with Gasteiger partial charge in [0.1, 0.15) is 0 Å². The molecule has 1 aromatic rings. The van der Waals surface area contributed by atoms with Crippen LogP contribution in [0.3, 0.4) is 0 Å². The first-order valence-electron chi connectivity index (χ1n) is 6.37. The predicted octanol–water partition coefficient (Wildman–Crippen LogP) is 3.69. The highest BCUT2D eigenvalue weighted by Crippen LogP contribution is 2.27. The van der Waals surface area contributed by atoms with E-state index in [4.69, 9.17) is 17.3 Å². The number of likely N-dealkylation sites (tertiary alicyclic amines) is 1. The summed E-state index contributed by atoms with van der Waals surface area (Å²) in [5.41, 5.74) is 8.02. The Hall–Kier alpha value is -0.730. The lowest BCUT2D eigenvalue weighted by Crippen LogP contribution is -2.43. The molecule has 0 radical (unpaired) electrons. The Kier molecular flexibility index (Phi) is 3.95. The zero-order chi connectivity index (χ0) is 12.4. The van der Waals surface area contributed by atoms with Crippen LogP contribution in [0, 0.1) is 0 Å². The Morgan fingerprint density at radius 3 is 2.53 bits per heavy atom. The SMILES string of the molecule is CC1CCCC(C)N1Cc1ccc(Cl)cc1N. The predicted molar refractivity (Wildman–Crippen MR) is 74.2 cm³/mol. The van der Waals surface area contributed by atoms with Crippen LogP contribution >= 0.6 is 11.6 Å². The Labute approximate surface area is 109 Å². The molecule has 2 atom stereocenters. The maximum absolute atomic E-state index is 6.02. The monoisotopic (exact) mass is 252 g/mol. The molecule has 1 aliphatic rings. The summed E-state index contributed by atoms with van der Waals surface area (Å²) in [5.74, 6) is 0. The summed E-state index contributed by atoms with van der Waals surface area (Å²) in [6.45, 7) is 5.55. The highest BCUT2D eigenvalue weighted by molar-refractivity contribution is 6.30. The third-order valence-electron chi connectivity index (χ3n) is 3.84. The summed E-state index contributed by atoms with van der Waals surface area (Å²) in [4.78, 5) is 2.54. The van der Waals surface area contributed by atoms with Crippen LogP contribution in [0.4, 0.5) is 5.69 Å². The molecule has 2 unspecified atom stereocenters. The Morgan fingerprint density at radius 2 is 1.94 bits per heavy atom. The number of halogens is 1. The van der Waals surface area contributed by atoms with E-state index in [1.54, 1.807) is 0 Å². The molecule has 1 fully saturated rings. The lowest BCUT2D eigenvalue weighted by atomic mass is 9.96. The largest absolute Gasteiger partial charge is 0.398 e. The van der Waals surface area contributed by atoms with E-state index in [0.717, 1.165) is 12.2 Å². The van der Waals surface area contributed by atoms with Crippen LogP contribution < -0.4 is 5.73 Å².